The smallest absolute Gasteiger partial charge is 0.266 e. The number of rotatable bonds is 7. The molecule has 1 atom stereocenters. The predicted octanol–water partition coefficient (Wildman–Crippen LogP) is 3.07. The molecule has 1 heterocycles. The standard InChI is InChI=1S/C19H20N2O3S/c22-18(20-11-6-12-25-14-7-2-1-3-8-14)13-17-19(23)21-15-9-4-5-10-16(15)24-17/h1-5,7-10,17H,6,11-13H2,(H,20,22)(H,21,23)/t17-/m0/s1. The first-order valence-electron chi connectivity index (χ1n) is 8.23. The van der Waals surface area contributed by atoms with Crippen LogP contribution in [0.2, 0.25) is 0 Å². The van der Waals surface area contributed by atoms with Gasteiger partial charge in [-0.2, -0.15) is 0 Å². The maximum absolute atomic E-state index is 12.0. The molecule has 0 saturated carbocycles. The molecule has 0 spiro atoms. The number of hydrogen-bond donors (Lipinski definition) is 2. The minimum atomic E-state index is -0.784. The van der Waals surface area contributed by atoms with Crippen molar-refractivity contribution in [2.75, 3.05) is 17.6 Å². The van der Waals surface area contributed by atoms with Crippen LogP contribution in [0.15, 0.2) is 59.5 Å². The molecule has 2 aromatic rings. The number of nitrogens with one attached hydrogen (secondary N) is 2. The van der Waals surface area contributed by atoms with Crippen LogP contribution in [0.5, 0.6) is 5.75 Å². The maximum atomic E-state index is 12.0. The molecule has 0 fully saturated rings. The molecule has 130 valence electrons. The van der Waals surface area contributed by atoms with E-state index in [1.165, 1.54) is 4.90 Å². The van der Waals surface area contributed by atoms with Gasteiger partial charge in [-0.3, -0.25) is 9.59 Å². The van der Waals surface area contributed by atoms with Crippen LogP contribution in [0.3, 0.4) is 0 Å². The van der Waals surface area contributed by atoms with Gasteiger partial charge in [-0.05, 0) is 36.4 Å². The van der Waals surface area contributed by atoms with Crippen molar-refractivity contribution < 1.29 is 14.3 Å². The first-order valence-corrected chi connectivity index (χ1v) is 9.22. The Labute approximate surface area is 151 Å². The van der Waals surface area contributed by atoms with Gasteiger partial charge >= 0.3 is 0 Å². The molecular weight excluding hydrogens is 336 g/mol. The van der Waals surface area contributed by atoms with Crippen LogP contribution >= 0.6 is 11.8 Å². The normalized spacial score (nSPS) is 15.7. The molecule has 2 aromatic carbocycles. The fraction of sp³-hybridized carbons (Fsp3) is 0.263. The lowest BCUT2D eigenvalue weighted by molar-refractivity contribution is -0.130. The topological polar surface area (TPSA) is 67.4 Å². The van der Waals surface area contributed by atoms with Crippen molar-refractivity contribution in [3.8, 4) is 5.75 Å². The number of anilines is 1. The Morgan fingerprint density at radius 1 is 1.12 bits per heavy atom. The van der Waals surface area contributed by atoms with Crippen molar-refractivity contribution in [2.45, 2.75) is 23.8 Å². The number of carbonyl (C=O) groups excluding carboxylic acids is 2. The average molecular weight is 356 g/mol. The van der Waals surface area contributed by atoms with E-state index in [0.29, 0.717) is 18.0 Å². The molecule has 0 saturated heterocycles. The Bertz CT molecular complexity index is 736. The number of thioether (sulfide) groups is 1. The first-order chi connectivity index (χ1) is 12.2. The highest BCUT2D eigenvalue weighted by molar-refractivity contribution is 7.99. The Kier molecular flexibility index (Phi) is 5.95. The molecule has 2 amide bonds. The van der Waals surface area contributed by atoms with Gasteiger partial charge in [0.25, 0.3) is 5.91 Å². The van der Waals surface area contributed by atoms with E-state index in [9.17, 15) is 9.59 Å². The molecular formula is C19H20N2O3S. The fourth-order valence-corrected chi connectivity index (χ4v) is 3.35. The van der Waals surface area contributed by atoms with Crippen LogP contribution < -0.4 is 15.4 Å². The molecule has 5 nitrogen and oxygen atoms in total. The third-order valence-corrected chi connectivity index (χ3v) is 4.83. The molecule has 3 rings (SSSR count). The third kappa shape index (κ3) is 5.00. The van der Waals surface area contributed by atoms with Crippen molar-refractivity contribution in [1.29, 1.82) is 0 Å². The SMILES string of the molecule is O=C(C[C@@H]1Oc2ccccc2NC1=O)NCCCSc1ccccc1. The number of hydrogen-bond acceptors (Lipinski definition) is 4. The van der Waals surface area contributed by atoms with Gasteiger partial charge < -0.3 is 15.4 Å². The summed E-state index contributed by atoms with van der Waals surface area (Å²) < 4.78 is 5.62. The number of ether oxygens (including phenoxy) is 1. The lowest BCUT2D eigenvalue weighted by atomic mass is 10.1. The number of fused-ring (bicyclic) bond motifs is 1. The van der Waals surface area contributed by atoms with Crippen LogP contribution in [0.4, 0.5) is 5.69 Å². The summed E-state index contributed by atoms with van der Waals surface area (Å²) in [4.78, 5) is 25.3. The second-order valence-corrected chi connectivity index (χ2v) is 6.83. The zero-order valence-corrected chi connectivity index (χ0v) is 14.6. The molecule has 2 N–H and O–H groups in total. The zero-order chi connectivity index (χ0) is 17.5. The number of carbonyl (C=O) groups is 2. The number of benzene rings is 2. The molecule has 0 aliphatic carbocycles. The van der Waals surface area contributed by atoms with Gasteiger partial charge in [0.05, 0.1) is 12.1 Å². The summed E-state index contributed by atoms with van der Waals surface area (Å²) in [7, 11) is 0. The minimum Gasteiger partial charge on any atom is -0.478 e. The first kappa shape index (κ1) is 17.4. The summed E-state index contributed by atoms with van der Waals surface area (Å²) >= 11 is 1.76. The van der Waals surface area contributed by atoms with Gasteiger partial charge in [0, 0.05) is 11.4 Å². The fourth-order valence-electron chi connectivity index (χ4n) is 2.47. The van der Waals surface area contributed by atoms with Crippen molar-refractivity contribution in [3.63, 3.8) is 0 Å². The van der Waals surface area contributed by atoms with Crippen LogP contribution in [0.25, 0.3) is 0 Å². The summed E-state index contributed by atoms with van der Waals surface area (Å²) in [6.45, 7) is 0.587. The minimum absolute atomic E-state index is 0.0198. The van der Waals surface area contributed by atoms with Crippen molar-refractivity contribution in [1.82, 2.24) is 5.32 Å². The Morgan fingerprint density at radius 2 is 1.88 bits per heavy atom. The Balaban J connectivity index is 1.37. The second kappa shape index (κ2) is 8.58. The van der Waals surface area contributed by atoms with Crippen LogP contribution in [0, 0.1) is 0 Å². The van der Waals surface area contributed by atoms with E-state index in [-0.39, 0.29) is 18.2 Å². The van der Waals surface area contributed by atoms with Gasteiger partial charge in [-0.15, -0.1) is 11.8 Å². The molecule has 0 radical (unpaired) electrons. The van der Waals surface area contributed by atoms with Crippen molar-refractivity contribution >= 4 is 29.3 Å². The van der Waals surface area contributed by atoms with Crippen molar-refractivity contribution in [3.05, 3.63) is 54.6 Å². The number of para-hydroxylation sites is 2. The van der Waals surface area contributed by atoms with Crippen molar-refractivity contribution in [2.24, 2.45) is 0 Å². The van der Waals surface area contributed by atoms with E-state index in [4.69, 9.17) is 4.74 Å². The highest BCUT2D eigenvalue weighted by Crippen LogP contribution is 2.29. The van der Waals surface area contributed by atoms with E-state index >= 15 is 0 Å². The van der Waals surface area contributed by atoms with Gasteiger partial charge in [0.2, 0.25) is 5.91 Å². The molecule has 0 aromatic heterocycles. The second-order valence-electron chi connectivity index (χ2n) is 5.66. The molecule has 0 unspecified atom stereocenters. The summed E-state index contributed by atoms with van der Waals surface area (Å²) in [6, 6.07) is 17.4. The molecule has 1 aliphatic rings. The molecule has 0 bridgehead atoms. The zero-order valence-electron chi connectivity index (χ0n) is 13.7. The highest BCUT2D eigenvalue weighted by Gasteiger charge is 2.29. The Hall–Kier alpha value is -2.47. The van der Waals surface area contributed by atoms with E-state index in [2.05, 4.69) is 22.8 Å². The lowest BCUT2D eigenvalue weighted by Gasteiger charge is -2.25. The van der Waals surface area contributed by atoms with E-state index in [1.807, 2.05) is 30.3 Å². The summed E-state index contributed by atoms with van der Waals surface area (Å²) in [5.41, 5.74) is 0.641. The van der Waals surface area contributed by atoms with Gasteiger partial charge in [0.15, 0.2) is 6.10 Å². The summed E-state index contributed by atoms with van der Waals surface area (Å²) in [6.07, 6.45) is 0.103. The van der Waals surface area contributed by atoms with Gasteiger partial charge in [0.1, 0.15) is 5.75 Å². The van der Waals surface area contributed by atoms with E-state index < -0.39 is 6.10 Å². The number of amides is 2. The molecule has 6 heteroatoms. The molecule has 25 heavy (non-hydrogen) atoms. The third-order valence-electron chi connectivity index (χ3n) is 3.73. The summed E-state index contributed by atoms with van der Waals surface area (Å²) in [5, 5.41) is 5.61. The highest BCUT2D eigenvalue weighted by atomic mass is 32.2. The monoisotopic (exact) mass is 356 g/mol. The van der Waals surface area contributed by atoms with Crippen LogP contribution in [-0.4, -0.2) is 30.2 Å². The largest absolute Gasteiger partial charge is 0.478 e. The predicted molar refractivity (Wildman–Crippen MR) is 98.9 cm³/mol. The van der Waals surface area contributed by atoms with E-state index in [0.717, 1.165) is 12.2 Å². The Morgan fingerprint density at radius 3 is 2.72 bits per heavy atom. The lowest BCUT2D eigenvalue weighted by Crippen LogP contribution is -2.41. The summed E-state index contributed by atoms with van der Waals surface area (Å²) in [5.74, 6) is 1.06. The van der Waals surface area contributed by atoms with Crippen LogP contribution in [0.1, 0.15) is 12.8 Å². The van der Waals surface area contributed by atoms with Crippen LogP contribution in [-0.2, 0) is 9.59 Å². The average Bonchev–Trinajstić information content (AvgIpc) is 2.63. The van der Waals surface area contributed by atoms with Gasteiger partial charge in [-0.1, -0.05) is 30.3 Å². The van der Waals surface area contributed by atoms with E-state index in [1.54, 1.807) is 23.9 Å². The quantitative estimate of drug-likeness (QED) is 0.591. The molecule has 1 aliphatic heterocycles. The van der Waals surface area contributed by atoms with Gasteiger partial charge in [-0.25, -0.2) is 0 Å². The maximum Gasteiger partial charge on any atom is 0.266 e.